The predicted molar refractivity (Wildman–Crippen MR) is 592 cm³/mol. The number of hydrogen-bond donors (Lipinski definition) is 0. The Balaban J connectivity index is 0.000000243. The molecule has 4 fully saturated rings. The zero-order valence-electron chi connectivity index (χ0n) is 86.1. The van der Waals surface area contributed by atoms with Crippen molar-refractivity contribution in [2.75, 3.05) is 6.61 Å². The smallest absolute Gasteiger partial charge is 0.429 e. The summed E-state index contributed by atoms with van der Waals surface area (Å²) >= 11 is 11.3. The van der Waals surface area contributed by atoms with Crippen molar-refractivity contribution in [2.24, 2.45) is 46.8 Å². The van der Waals surface area contributed by atoms with Gasteiger partial charge >= 0.3 is 103 Å². The third kappa shape index (κ3) is 36.8. The molecule has 4 saturated carbocycles. The Labute approximate surface area is 976 Å². The van der Waals surface area contributed by atoms with E-state index in [2.05, 4.69) is 330 Å². The van der Waals surface area contributed by atoms with Crippen LogP contribution in [0, 0.1) is 89.7 Å². The highest BCUT2D eigenvalue weighted by molar-refractivity contribution is 14.1. The van der Waals surface area contributed by atoms with Crippen molar-refractivity contribution in [3.8, 4) is 5.75 Å². The predicted octanol–water partition coefficient (Wildman–Crippen LogP) is 17.7. The van der Waals surface area contributed by atoms with Crippen LogP contribution in [0.1, 0.15) is 290 Å². The summed E-state index contributed by atoms with van der Waals surface area (Å²) in [6.45, 7) is 46.3. The molecule has 3 unspecified atom stereocenters. The van der Waals surface area contributed by atoms with Gasteiger partial charge in [0.15, 0.2) is 66.2 Å². The number of benzene rings is 8. The van der Waals surface area contributed by atoms with Gasteiger partial charge in [0.25, 0.3) is 0 Å². The molecule has 0 radical (unpaired) electrons. The maximum Gasteiger partial charge on any atom is 0.429 e. The number of hydrogen-bond acceptors (Lipinski definition) is 20. The van der Waals surface area contributed by atoms with Gasteiger partial charge in [-0.25, -0.2) is 34.8 Å². The molecule has 4 aliphatic carbocycles. The number of ketones is 3. The summed E-state index contributed by atoms with van der Waals surface area (Å²) in [7, 11) is -18.1. The molecule has 0 spiro atoms. The molecule has 147 heavy (non-hydrogen) atoms. The van der Waals surface area contributed by atoms with E-state index < -0.39 is 88.6 Å². The van der Waals surface area contributed by atoms with E-state index in [0.29, 0.717) is 80.0 Å². The fraction of sp³-hybridized carbons (Fsp3) is 0.495. The van der Waals surface area contributed by atoms with E-state index in [-0.39, 0.29) is 181 Å². The minimum atomic E-state index is -6.12. The fourth-order valence-corrected chi connectivity index (χ4v) is 32.6. The first kappa shape index (κ1) is 130. The molecular weight excluding hydrogens is 2980 g/mol. The lowest BCUT2D eigenvalue weighted by molar-refractivity contribution is -0.599. The molecule has 0 aliphatic heterocycles. The second-order valence-corrected chi connectivity index (χ2v) is 62.6. The molecule has 8 aromatic rings. The Hall–Kier alpha value is -3.47. The third-order valence-electron chi connectivity index (χ3n) is 26.2. The Morgan fingerprint density at radius 2 is 0.857 bits per heavy atom. The van der Waals surface area contributed by atoms with Crippen molar-refractivity contribution < 1.29 is 181 Å². The van der Waals surface area contributed by atoms with Crippen LogP contribution in [0.4, 0.5) is 26.3 Å². The molecule has 0 amide bonds. The largest absolute Gasteiger partial charge is 0.743 e. The standard InChI is InChI=1S/C26H36F2O8S.C21H28I.2C20H26I.C14H13F2I3O7S.C8H3F2I3O5S/c1-13(4-7-22(32)36-14(2)26(27,28)37(33,34)35)17-5-6-18-23(17)21(31)12-19-24(18)20(30)11-15-10-16(29)8-9-25(15,19)3;1-14(2)17-12-19(15(3)4)21(20(13-17)16(5)6)22-18-10-8-7-9-11-18;2*1-19(2,3)15-7-11-17(12-8-15)21-18-13-9-16(10-14-18)20(4,5)6;1-7(14(15,16)27(22,23)24)26-11(20)3-2-4-25-13(21)9-5-8(17)6-10(18)12(9)19;9-8(10,19(15,16)17)7(14)18-6-4(12)1-3(11)2-5(6)13/h13-15,17-19,23-24H,4-12H2,1-3H3,(H,33,34,35);7-16H,1-6H3;2*7-14H,1-6H3;5-7H,2-4H2,1H3,(H,22,23,24);1-2H,(H,15,16,17)/q;3*+1;;/p-3/t13?,14?,15-,17+,18+,19-,23+,24-,25-;;;;;/m0...../s1. The maximum absolute atomic E-state index is 13.6. The van der Waals surface area contributed by atoms with Gasteiger partial charge in [-0.1, -0.05) is 217 Å². The summed E-state index contributed by atoms with van der Waals surface area (Å²) in [5.74, 6) is -3.94. The number of fused-ring (bicyclic) bond motifs is 5. The molecule has 0 N–H and O–H groups in total. The Bertz CT molecular complexity index is 6020. The monoisotopic (exact) mass is 3110 g/mol. The van der Waals surface area contributed by atoms with E-state index in [9.17, 15) is 98.8 Å². The molecule has 8 aromatic carbocycles. The van der Waals surface area contributed by atoms with Crippen LogP contribution in [0.2, 0.25) is 0 Å². The highest BCUT2D eigenvalue weighted by Gasteiger charge is 2.62. The molecule has 808 valence electrons. The minimum Gasteiger partial charge on any atom is -0.743 e. The molecule has 38 heteroatoms. The maximum atomic E-state index is 13.6. The second kappa shape index (κ2) is 54.7. The number of halogens is 15. The van der Waals surface area contributed by atoms with E-state index >= 15 is 0 Å². The Morgan fingerprint density at radius 1 is 0.469 bits per heavy atom. The molecule has 0 aromatic heterocycles. The van der Waals surface area contributed by atoms with Crippen molar-refractivity contribution in [1.29, 1.82) is 0 Å². The summed E-state index contributed by atoms with van der Waals surface area (Å²) < 4.78 is 205. The van der Waals surface area contributed by atoms with Crippen molar-refractivity contribution in [3.63, 3.8) is 0 Å². The summed E-state index contributed by atoms with van der Waals surface area (Å²) in [4.78, 5) is 85.7. The third-order valence-corrected chi connectivity index (χ3v) is 43.4. The highest BCUT2D eigenvalue weighted by Crippen LogP contribution is 2.63. The topological polar surface area (TPSA) is 328 Å². The van der Waals surface area contributed by atoms with Gasteiger partial charge in [0, 0.05) is 75.8 Å². The average molecular weight is 3110 g/mol. The quantitative estimate of drug-likeness (QED) is 0.00674. The summed E-state index contributed by atoms with van der Waals surface area (Å²) in [6.07, 6.45) is -1.51. The summed E-state index contributed by atoms with van der Waals surface area (Å²) in [6, 6.07) is 59.4. The molecule has 4 aliphatic rings. The first-order chi connectivity index (χ1) is 67.5. The molecule has 12 rings (SSSR count). The van der Waals surface area contributed by atoms with Crippen molar-refractivity contribution in [2.45, 2.75) is 290 Å². The van der Waals surface area contributed by atoms with Gasteiger partial charge in [0.1, 0.15) is 17.3 Å². The first-order valence-corrected chi connectivity index (χ1v) is 64.9. The SMILES string of the molecule is CC(C)(C)c1ccc([I+]c2ccc(C(C)(C)C)cc2)cc1.CC(C)(C)c1ccc([I+]c2ccc(C(C)(C)C)cc2)cc1.CC(C)c1cc(C(C)C)c([I+]c2ccccc2)c(C(C)C)c1.CC(CCC(=O)OC(C)C(F)(F)S(=O)(=O)[O-])[C@H]1CC[C@@H]2[C@@H]1C(=O)C[C@H]1[C@H]2C(=O)C[C@@H]2CC(=O)CC[C@@]21C.CC(OC(=O)CCCOC(=O)c1cc(I)cc(I)c1I)C(F)(F)S(=O)(=O)[O-].O=C(Oc1c(I)cc(I)cc1I)C(F)(F)S(=O)(=O)[O-]. The number of ether oxygens (including phenoxy) is 4. The van der Waals surface area contributed by atoms with Crippen LogP contribution in [-0.2, 0) is 95.0 Å². The Morgan fingerprint density at radius 3 is 1.24 bits per heavy atom. The van der Waals surface area contributed by atoms with Crippen molar-refractivity contribution in [3.05, 3.63) is 251 Å². The average Bonchev–Trinajstić information content (AvgIpc) is 1.66. The second-order valence-electron chi connectivity index (χ2n) is 42.3. The van der Waals surface area contributed by atoms with Crippen LogP contribution >= 0.6 is 136 Å². The van der Waals surface area contributed by atoms with Gasteiger partial charge in [-0.05, 0) is 369 Å². The molecule has 20 nitrogen and oxygen atoms in total. The van der Waals surface area contributed by atoms with E-state index in [0.717, 1.165) is 23.6 Å². The molecular formula is C109H129F6I9O20S3. The van der Waals surface area contributed by atoms with Crippen LogP contribution in [0.5, 0.6) is 5.75 Å². The van der Waals surface area contributed by atoms with Crippen LogP contribution < -0.4 is 68.4 Å². The van der Waals surface area contributed by atoms with Crippen molar-refractivity contribution >= 4 is 207 Å². The fourth-order valence-electron chi connectivity index (χ4n) is 17.4. The lowest BCUT2D eigenvalue weighted by Gasteiger charge is -2.56. The molecule has 0 saturated heterocycles. The van der Waals surface area contributed by atoms with Crippen LogP contribution in [0.3, 0.4) is 0 Å². The van der Waals surface area contributed by atoms with Crippen LogP contribution in [0.25, 0.3) is 0 Å². The van der Waals surface area contributed by atoms with E-state index in [1.54, 1.807) is 65.9 Å². The van der Waals surface area contributed by atoms with Gasteiger partial charge in [-0.2, -0.15) is 26.3 Å². The summed E-state index contributed by atoms with van der Waals surface area (Å²) in [5, 5.41) is -14.6. The number of alkyl halides is 6. The van der Waals surface area contributed by atoms with Gasteiger partial charge in [0.2, 0.25) is 3.57 Å². The van der Waals surface area contributed by atoms with E-state index in [4.69, 9.17) is 4.74 Å². The van der Waals surface area contributed by atoms with Gasteiger partial charge in [-0.3, -0.25) is 24.0 Å². The minimum absolute atomic E-state index is 0.000331. The zero-order chi connectivity index (χ0) is 111. The van der Waals surface area contributed by atoms with Crippen LogP contribution in [-0.4, -0.2) is 115 Å². The normalized spacial score (nSPS) is 18.8. The lowest BCUT2D eigenvalue weighted by atomic mass is 9.46. The highest BCUT2D eigenvalue weighted by atomic mass is 127. The molecule has 0 bridgehead atoms. The van der Waals surface area contributed by atoms with Gasteiger partial charge in [0.05, 0.1) is 19.3 Å². The number of carbonyl (C=O) groups is 7. The number of Topliss-reactive ketones (excluding diaryl/α,β-unsaturated/α-hetero) is 3. The van der Waals surface area contributed by atoms with E-state index in [1.807, 2.05) is 58.2 Å². The van der Waals surface area contributed by atoms with Crippen molar-refractivity contribution in [1.82, 2.24) is 0 Å². The zero-order valence-corrected chi connectivity index (χ0v) is 108. The van der Waals surface area contributed by atoms with Crippen LogP contribution in [0.15, 0.2) is 164 Å². The summed E-state index contributed by atoms with van der Waals surface area (Å²) in [5.41, 5.74) is 11.4. The number of carbonyl (C=O) groups excluding carboxylic acids is 7. The number of rotatable bonds is 27. The molecule has 10 atom stereocenters. The number of esters is 4. The Kier molecular flexibility index (Phi) is 48.5. The first-order valence-electron chi connectivity index (χ1n) is 47.8. The van der Waals surface area contributed by atoms with E-state index in [1.165, 1.54) is 57.8 Å². The van der Waals surface area contributed by atoms with Gasteiger partial charge in [-0.15, -0.1) is 0 Å². The lowest BCUT2D eigenvalue weighted by Crippen LogP contribution is -3.62. The molecule has 0 heterocycles. The van der Waals surface area contributed by atoms with Gasteiger partial charge < -0.3 is 32.6 Å².